The van der Waals surface area contributed by atoms with Gasteiger partial charge >= 0.3 is 23.9 Å². The van der Waals surface area contributed by atoms with Gasteiger partial charge in [0.05, 0.1) is 53.8 Å². The van der Waals surface area contributed by atoms with Crippen molar-refractivity contribution in [1.82, 2.24) is 57.7 Å². The van der Waals surface area contributed by atoms with Crippen LogP contribution in [0.3, 0.4) is 0 Å². The quantitative estimate of drug-likeness (QED) is 0.0188. The molecule has 12 amide bonds. The van der Waals surface area contributed by atoms with Crippen molar-refractivity contribution in [3.05, 3.63) is 108 Å². The molecule has 3 aromatic rings. The number of carbonyl (C=O) groups is 16. The van der Waals surface area contributed by atoms with Gasteiger partial charge in [-0.3, -0.25) is 62.3 Å². The van der Waals surface area contributed by atoms with Crippen molar-refractivity contribution in [1.29, 1.82) is 0 Å². The summed E-state index contributed by atoms with van der Waals surface area (Å²) < 4.78 is 43.4. The molecule has 0 aromatic heterocycles. The van der Waals surface area contributed by atoms with Crippen LogP contribution in [0.5, 0.6) is 0 Å². The number of hydrogen-bond donors (Lipinski definition) is 17. The van der Waals surface area contributed by atoms with Crippen LogP contribution in [0, 0.1) is 5.92 Å². The number of aliphatic carboxylic acids is 1. The minimum atomic E-state index is -2.28. The van der Waals surface area contributed by atoms with Crippen LogP contribution in [0.2, 0.25) is 0 Å². The number of aliphatic hydroxyl groups is 6. The number of nitrogens with two attached hydrogens (primary N) is 1. The van der Waals surface area contributed by atoms with Crippen LogP contribution in [-0.4, -0.2) is 313 Å². The lowest BCUT2D eigenvalue weighted by molar-refractivity contribution is -0.308. The van der Waals surface area contributed by atoms with Gasteiger partial charge in [0.2, 0.25) is 70.9 Å². The fourth-order valence-corrected chi connectivity index (χ4v) is 14.2. The molecule has 42 nitrogen and oxygen atoms in total. The highest BCUT2D eigenvalue weighted by molar-refractivity contribution is 6.00. The minimum absolute atomic E-state index is 0.0104. The van der Waals surface area contributed by atoms with Crippen molar-refractivity contribution in [3.8, 4) is 0 Å². The molecule has 0 radical (unpaired) electrons. The van der Waals surface area contributed by atoms with Crippen molar-refractivity contribution < 1.29 is 146 Å². The predicted octanol–water partition coefficient (Wildman–Crippen LogP) is -4.79. The summed E-state index contributed by atoms with van der Waals surface area (Å²) in [6.45, 7) is 9.74. The minimum Gasteiger partial charge on any atom is -0.481 e. The zero-order valence-electron chi connectivity index (χ0n) is 68.9. The Morgan fingerprint density at radius 1 is 0.484 bits per heavy atom. The van der Waals surface area contributed by atoms with Crippen molar-refractivity contribution >= 4 is 94.8 Å². The van der Waals surface area contributed by atoms with E-state index >= 15 is 14.4 Å². The Hall–Kier alpha value is -11.2. The van der Waals surface area contributed by atoms with E-state index in [0.29, 0.717) is 0 Å². The van der Waals surface area contributed by atoms with Crippen molar-refractivity contribution in [2.45, 2.75) is 260 Å². The number of carbonyl (C=O) groups excluding carboxylic acids is 15. The maximum absolute atomic E-state index is 15.5. The second kappa shape index (κ2) is 45.6. The lowest BCUT2D eigenvalue weighted by Crippen LogP contribution is -2.68. The highest BCUT2D eigenvalue weighted by atomic mass is 16.7. The van der Waals surface area contributed by atoms with E-state index in [0.717, 1.165) is 65.2 Å². The molecule has 18 N–H and O–H groups in total. The molecule has 3 aromatic carbocycles. The van der Waals surface area contributed by atoms with Crippen molar-refractivity contribution in [2.75, 3.05) is 26.3 Å². The summed E-state index contributed by atoms with van der Waals surface area (Å²) in [7, 11) is 0. The third-order valence-electron chi connectivity index (χ3n) is 20.9. The standard InChI is InChI=1S/C80H110N12O30/c1-11-37(2)55(70(107)88-58(40(5)95)71(108)86-56(38(3)93)67(81)104)85-68(105)51-30-22-34-92(51)75(112)59(41(6)96)89-73(110)60(90-72(109)57(39(4)94)87-69(106)50-29-21-33-91(50)74(111)49(82-43(8)97)31-32-54(100)101)42(7)118-80-61(83-44(9)98)64(103)63(102)52(119-80)35-117-79-62(84-45(10)99)66(122-78(115)48-27-19-14-20-28-48)65(121-77(114)47-25-17-13-18-26-47)53(120-79)36-116-76(113)46-23-15-12-16-24-46/h12-20,23-28,37-42,49-53,55-66,79-80,93-96,102-103H,11,21-22,29-36H2,1-10H3,(H2,81,104)(H,82,97)(H,83,98)(H,84,99)(H,85,105)(H,86,108)(H,87,106)(H,88,107)(H,89,110)(H,90,109)(H,100,101)/t37-,38+,39+,40+,41+,42+,49-,50-,51-,52+,53+,55-,56-,57-,58-,59-,60-,61+,62+,63-,64+,65+,66+,79+,80-/m0/s1. The Kier molecular flexibility index (Phi) is 36.6. The van der Waals surface area contributed by atoms with Crippen LogP contribution in [-0.2, 0) is 95.5 Å². The average Bonchev–Trinajstić information content (AvgIpc) is 0.872. The van der Waals surface area contributed by atoms with E-state index in [1.807, 2.05) is 0 Å². The van der Waals surface area contributed by atoms with Crippen LogP contribution in [0.15, 0.2) is 91.0 Å². The van der Waals surface area contributed by atoms with Gasteiger partial charge in [0.25, 0.3) is 0 Å². The van der Waals surface area contributed by atoms with Crippen LogP contribution >= 0.6 is 0 Å². The summed E-state index contributed by atoms with van der Waals surface area (Å²) in [5.41, 5.74) is 5.37. The van der Waals surface area contributed by atoms with Gasteiger partial charge in [0, 0.05) is 40.3 Å². The van der Waals surface area contributed by atoms with E-state index in [4.69, 9.17) is 38.9 Å². The van der Waals surface area contributed by atoms with E-state index in [1.54, 1.807) is 44.2 Å². The number of nitrogens with one attached hydrogen (secondary N) is 9. The van der Waals surface area contributed by atoms with E-state index < -0.39 is 273 Å². The summed E-state index contributed by atoms with van der Waals surface area (Å²) in [5, 5.41) is 98.9. The SMILES string of the molecule is CC[C@H](C)[C@H](NC(=O)[C@@H]1CCCN1C(=O)[C@@H](NC(=O)[C@@H](NC(=O)[C@@H](NC(=O)[C@@H]1CCCN1C(=O)[C@H](CCC(=O)O)NC(C)=O)[C@@H](C)O)[C@@H](C)O[C@H]1O[C@H](CO[C@@H]2O[C@H](COC(=O)c3ccccc3)[C@@H](OC(=O)c3ccccc3)[C@H](OC(=O)c3ccccc3)[C@H]2NC(C)=O)[C@H](O)[C@H](O)[C@H]1NC(C)=O)[C@@H](C)O)C(=O)N[C@H](C(=O)N[C@H](C(N)=O)[C@@H](C)O)[C@@H](C)O. The van der Waals surface area contributed by atoms with Crippen molar-refractivity contribution in [3.63, 3.8) is 0 Å². The Labute approximate surface area is 701 Å². The Morgan fingerprint density at radius 2 is 0.910 bits per heavy atom. The molecule has 7 rings (SSSR count). The van der Waals surface area contributed by atoms with Gasteiger partial charge < -0.3 is 132 Å². The molecule has 670 valence electrons. The number of benzene rings is 3. The molecular formula is C80H110N12O30. The fraction of sp³-hybridized carbons (Fsp3) is 0.575. The highest BCUT2D eigenvalue weighted by Gasteiger charge is 2.55. The second-order valence-corrected chi connectivity index (χ2v) is 30.4. The predicted molar refractivity (Wildman–Crippen MR) is 420 cm³/mol. The first-order valence-corrected chi connectivity index (χ1v) is 39.8. The molecule has 0 unspecified atom stereocenters. The summed E-state index contributed by atoms with van der Waals surface area (Å²) in [4.78, 5) is 223. The van der Waals surface area contributed by atoms with Gasteiger partial charge in [0.1, 0.15) is 97.5 Å². The number of hydrogen-bond acceptors (Lipinski definition) is 29. The Bertz CT molecular complexity index is 4170. The van der Waals surface area contributed by atoms with E-state index in [2.05, 4.69) is 47.9 Å². The zero-order chi connectivity index (χ0) is 90.3. The number of carboxylic acid groups (broad SMARTS) is 1. The van der Waals surface area contributed by atoms with E-state index in [1.165, 1.54) is 60.7 Å². The first-order chi connectivity index (χ1) is 57.6. The number of rotatable bonds is 40. The number of esters is 3. The van der Waals surface area contributed by atoms with Gasteiger partial charge in [-0.25, -0.2) is 14.4 Å². The highest BCUT2D eigenvalue weighted by Crippen LogP contribution is 2.33. The average molecular weight is 1720 g/mol. The first kappa shape index (κ1) is 97.9. The molecule has 4 aliphatic heterocycles. The van der Waals surface area contributed by atoms with Gasteiger partial charge in [0.15, 0.2) is 24.8 Å². The molecule has 4 aliphatic rings. The smallest absolute Gasteiger partial charge is 0.338 e. The number of carboxylic acids is 1. The van der Waals surface area contributed by atoms with E-state index in [9.17, 15) is 98.1 Å². The van der Waals surface area contributed by atoms with Crippen LogP contribution < -0.4 is 53.6 Å². The maximum Gasteiger partial charge on any atom is 0.338 e. The normalized spacial score (nSPS) is 24.5. The summed E-state index contributed by atoms with van der Waals surface area (Å²) >= 11 is 0. The molecule has 4 saturated heterocycles. The zero-order valence-corrected chi connectivity index (χ0v) is 68.9. The molecule has 0 aliphatic carbocycles. The molecule has 4 fully saturated rings. The summed E-state index contributed by atoms with van der Waals surface area (Å²) in [5.74, 6) is -17.7. The summed E-state index contributed by atoms with van der Waals surface area (Å²) in [6.07, 6.45) is -25.1. The number of aliphatic hydroxyl groups excluding tert-OH is 6. The van der Waals surface area contributed by atoms with Gasteiger partial charge in [-0.2, -0.15) is 0 Å². The lowest BCUT2D eigenvalue weighted by atomic mass is 9.95. The number of primary amides is 1. The maximum atomic E-state index is 15.5. The largest absolute Gasteiger partial charge is 0.481 e. The van der Waals surface area contributed by atoms with Crippen LogP contribution in [0.4, 0.5) is 0 Å². The molecular weight excluding hydrogens is 1610 g/mol. The second-order valence-electron chi connectivity index (χ2n) is 30.4. The summed E-state index contributed by atoms with van der Waals surface area (Å²) in [6, 6.07) is 3.16. The number of ether oxygens (including phenoxy) is 7. The number of nitrogens with zero attached hydrogens (tertiary/aromatic N) is 2. The molecule has 0 spiro atoms. The number of likely N-dealkylation sites (tertiary alicyclic amines) is 2. The monoisotopic (exact) mass is 1720 g/mol. The Balaban J connectivity index is 1.24. The molecule has 122 heavy (non-hydrogen) atoms. The fourth-order valence-electron chi connectivity index (χ4n) is 14.2. The molecule has 0 bridgehead atoms. The number of amides is 12. The van der Waals surface area contributed by atoms with Crippen LogP contribution in [0.1, 0.15) is 145 Å². The molecule has 0 saturated carbocycles. The third-order valence-corrected chi connectivity index (χ3v) is 20.9. The topological polar surface area (TPSA) is 620 Å². The molecule has 42 heteroatoms. The third kappa shape index (κ3) is 26.6. The van der Waals surface area contributed by atoms with Gasteiger partial charge in [-0.15, -0.1) is 0 Å². The molecule has 25 atom stereocenters. The first-order valence-electron chi connectivity index (χ1n) is 39.8. The van der Waals surface area contributed by atoms with Gasteiger partial charge in [-0.05, 0) is 109 Å². The van der Waals surface area contributed by atoms with Gasteiger partial charge in [-0.1, -0.05) is 74.9 Å². The van der Waals surface area contributed by atoms with Crippen LogP contribution in [0.25, 0.3) is 0 Å². The Morgan fingerprint density at radius 3 is 1.39 bits per heavy atom. The molecule has 4 heterocycles. The van der Waals surface area contributed by atoms with E-state index in [-0.39, 0.29) is 61.9 Å². The lowest BCUT2D eigenvalue weighted by Gasteiger charge is -2.46. The van der Waals surface area contributed by atoms with Crippen molar-refractivity contribution in [2.24, 2.45) is 11.7 Å².